The van der Waals surface area contributed by atoms with Crippen LogP contribution in [0, 0.1) is 11.8 Å². The van der Waals surface area contributed by atoms with Crippen molar-refractivity contribution in [3.63, 3.8) is 0 Å². The van der Waals surface area contributed by atoms with Gasteiger partial charge in [0.25, 0.3) is 0 Å². The summed E-state index contributed by atoms with van der Waals surface area (Å²) < 4.78 is 0. The molecule has 0 saturated carbocycles. The van der Waals surface area contributed by atoms with Crippen LogP contribution in [-0.4, -0.2) is 18.1 Å². The minimum atomic E-state index is 0.570. The zero-order chi connectivity index (χ0) is 11.0. The van der Waals surface area contributed by atoms with Crippen molar-refractivity contribution in [2.24, 2.45) is 11.8 Å². The van der Waals surface area contributed by atoms with E-state index in [0.29, 0.717) is 11.1 Å². The highest BCUT2D eigenvalue weighted by Gasteiger charge is 2.32. The molecule has 1 N–H and O–H groups in total. The molecular formula is C13H15ClN2. The third-order valence-electron chi connectivity index (χ3n) is 3.73. The third-order valence-corrected chi connectivity index (χ3v) is 3.95. The van der Waals surface area contributed by atoms with Crippen molar-refractivity contribution < 1.29 is 0 Å². The maximum Gasteiger partial charge on any atom is 0.129 e. The van der Waals surface area contributed by atoms with Crippen molar-refractivity contribution in [1.29, 1.82) is 0 Å². The number of pyridine rings is 1. The van der Waals surface area contributed by atoms with Gasteiger partial charge in [-0.05, 0) is 48.4 Å². The molecule has 84 valence electrons. The maximum atomic E-state index is 5.81. The van der Waals surface area contributed by atoms with Crippen molar-refractivity contribution >= 4 is 17.2 Å². The number of nitrogens with zero attached hydrogens (tertiary/aromatic N) is 1. The summed E-state index contributed by atoms with van der Waals surface area (Å²) in [6.45, 7) is 2.28. The lowest BCUT2D eigenvalue weighted by atomic mass is 9.84. The molecule has 16 heavy (non-hydrogen) atoms. The third kappa shape index (κ3) is 1.76. The Bertz CT molecular complexity index is 410. The van der Waals surface area contributed by atoms with E-state index in [0.717, 1.165) is 12.5 Å². The van der Waals surface area contributed by atoms with Crippen LogP contribution in [0.5, 0.6) is 0 Å². The van der Waals surface area contributed by atoms with E-state index in [9.17, 15) is 0 Å². The van der Waals surface area contributed by atoms with E-state index < -0.39 is 0 Å². The number of piperidine rings is 1. The second kappa shape index (κ2) is 4.19. The molecule has 2 aliphatic rings. The van der Waals surface area contributed by atoms with Gasteiger partial charge in [-0.25, -0.2) is 4.98 Å². The summed E-state index contributed by atoms with van der Waals surface area (Å²) in [5.41, 5.74) is 2.70. The van der Waals surface area contributed by atoms with Gasteiger partial charge in [-0.15, -0.1) is 0 Å². The Labute approximate surface area is 101 Å². The highest BCUT2D eigenvalue weighted by atomic mass is 35.5. The molecular weight excluding hydrogens is 220 g/mol. The standard InChI is InChI=1S/C13H15ClN2/c14-13-4-2-10(7-16-13)11-3-1-9-5-6-15-8-12(9)11/h2-4,7,9,12,15H,1,5-6,8H2/t9-,12+/m1/s1. The minimum absolute atomic E-state index is 0.570. The van der Waals surface area contributed by atoms with Gasteiger partial charge in [0.1, 0.15) is 5.15 Å². The summed E-state index contributed by atoms with van der Waals surface area (Å²) in [4.78, 5) is 4.17. The Morgan fingerprint density at radius 1 is 1.38 bits per heavy atom. The summed E-state index contributed by atoms with van der Waals surface area (Å²) in [5.74, 6) is 1.52. The first-order valence-corrected chi connectivity index (χ1v) is 6.25. The molecule has 1 aromatic rings. The molecule has 0 bridgehead atoms. The van der Waals surface area contributed by atoms with Crippen molar-refractivity contribution in [2.75, 3.05) is 13.1 Å². The van der Waals surface area contributed by atoms with Gasteiger partial charge in [-0.1, -0.05) is 23.7 Å². The zero-order valence-corrected chi connectivity index (χ0v) is 9.87. The predicted molar refractivity (Wildman–Crippen MR) is 66.3 cm³/mol. The maximum absolute atomic E-state index is 5.81. The van der Waals surface area contributed by atoms with E-state index in [1.807, 2.05) is 12.3 Å². The molecule has 0 spiro atoms. The summed E-state index contributed by atoms with van der Waals surface area (Å²) in [5, 5.41) is 4.05. The normalized spacial score (nSPS) is 28.7. The fourth-order valence-electron chi connectivity index (χ4n) is 2.87. The van der Waals surface area contributed by atoms with Crippen LogP contribution in [0.25, 0.3) is 5.57 Å². The van der Waals surface area contributed by atoms with Gasteiger partial charge in [-0.3, -0.25) is 0 Å². The highest BCUT2D eigenvalue weighted by molar-refractivity contribution is 6.29. The zero-order valence-electron chi connectivity index (χ0n) is 9.12. The van der Waals surface area contributed by atoms with Gasteiger partial charge >= 0.3 is 0 Å². The van der Waals surface area contributed by atoms with Crippen LogP contribution >= 0.6 is 11.6 Å². The first-order valence-electron chi connectivity index (χ1n) is 5.87. The molecule has 2 heterocycles. The van der Waals surface area contributed by atoms with Gasteiger partial charge < -0.3 is 5.32 Å². The summed E-state index contributed by atoms with van der Waals surface area (Å²) in [7, 11) is 0. The van der Waals surface area contributed by atoms with E-state index >= 15 is 0 Å². The molecule has 2 nitrogen and oxygen atoms in total. The molecule has 1 aromatic heterocycles. The Hall–Kier alpha value is -0.860. The second-order valence-corrected chi connectivity index (χ2v) is 5.01. The number of rotatable bonds is 1. The lowest BCUT2D eigenvalue weighted by Crippen LogP contribution is -2.34. The minimum Gasteiger partial charge on any atom is -0.316 e. The Balaban J connectivity index is 1.87. The quantitative estimate of drug-likeness (QED) is 0.756. The Morgan fingerprint density at radius 2 is 2.31 bits per heavy atom. The molecule has 3 heteroatoms. The fourth-order valence-corrected chi connectivity index (χ4v) is 2.98. The van der Waals surface area contributed by atoms with Crippen LogP contribution in [0.4, 0.5) is 0 Å². The topological polar surface area (TPSA) is 24.9 Å². The number of aromatic nitrogens is 1. The van der Waals surface area contributed by atoms with Gasteiger partial charge in [0.15, 0.2) is 0 Å². The Kier molecular flexibility index (Phi) is 2.70. The number of hydrogen-bond acceptors (Lipinski definition) is 2. The number of halogens is 1. The van der Waals surface area contributed by atoms with Gasteiger partial charge in [0.2, 0.25) is 0 Å². The summed E-state index contributed by atoms with van der Waals surface area (Å²) in [6, 6.07) is 3.96. The van der Waals surface area contributed by atoms with E-state index in [2.05, 4.69) is 22.4 Å². The first kappa shape index (κ1) is 10.3. The SMILES string of the molecule is Clc1ccc(C2=CC[C@@H]3CCNC[C@H]23)cn1. The average Bonchev–Trinajstić information content (AvgIpc) is 2.74. The highest BCUT2D eigenvalue weighted by Crippen LogP contribution is 2.40. The molecule has 2 atom stereocenters. The molecule has 0 amide bonds. The molecule has 1 aliphatic carbocycles. The molecule has 0 radical (unpaired) electrons. The lowest BCUT2D eigenvalue weighted by Gasteiger charge is -2.28. The number of nitrogens with one attached hydrogen (secondary N) is 1. The largest absolute Gasteiger partial charge is 0.316 e. The molecule has 3 rings (SSSR count). The lowest BCUT2D eigenvalue weighted by molar-refractivity contribution is 0.328. The summed E-state index contributed by atoms with van der Waals surface area (Å²) in [6.07, 6.45) is 6.80. The van der Waals surface area contributed by atoms with E-state index in [1.165, 1.54) is 30.5 Å². The number of fused-ring (bicyclic) bond motifs is 1. The van der Waals surface area contributed by atoms with Crippen molar-refractivity contribution in [1.82, 2.24) is 10.3 Å². The monoisotopic (exact) mass is 234 g/mol. The van der Waals surface area contributed by atoms with Crippen molar-refractivity contribution in [2.45, 2.75) is 12.8 Å². The first-order chi connectivity index (χ1) is 7.84. The van der Waals surface area contributed by atoms with Crippen LogP contribution < -0.4 is 5.32 Å². The predicted octanol–water partition coefficient (Wildman–Crippen LogP) is 2.75. The number of allylic oxidation sites excluding steroid dienone is 1. The van der Waals surface area contributed by atoms with E-state index in [1.54, 1.807) is 0 Å². The molecule has 0 aromatic carbocycles. The summed E-state index contributed by atoms with van der Waals surface area (Å²) >= 11 is 5.81. The van der Waals surface area contributed by atoms with E-state index in [4.69, 9.17) is 11.6 Å². The van der Waals surface area contributed by atoms with Gasteiger partial charge in [0.05, 0.1) is 0 Å². The van der Waals surface area contributed by atoms with Crippen LogP contribution in [0.3, 0.4) is 0 Å². The van der Waals surface area contributed by atoms with E-state index in [-0.39, 0.29) is 0 Å². The fraction of sp³-hybridized carbons (Fsp3) is 0.462. The molecule has 0 unspecified atom stereocenters. The molecule has 1 fully saturated rings. The Morgan fingerprint density at radius 3 is 3.12 bits per heavy atom. The van der Waals surface area contributed by atoms with Crippen LogP contribution in [-0.2, 0) is 0 Å². The molecule has 1 saturated heterocycles. The average molecular weight is 235 g/mol. The van der Waals surface area contributed by atoms with Crippen LogP contribution in [0.15, 0.2) is 24.4 Å². The smallest absolute Gasteiger partial charge is 0.129 e. The van der Waals surface area contributed by atoms with Crippen LogP contribution in [0.2, 0.25) is 5.15 Å². The van der Waals surface area contributed by atoms with Crippen molar-refractivity contribution in [3.8, 4) is 0 Å². The molecule has 1 aliphatic heterocycles. The second-order valence-electron chi connectivity index (χ2n) is 4.62. The number of hydrogen-bond donors (Lipinski definition) is 1. The van der Waals surface area contributed by atoms with Gasteiger partial charge in [0, 0.05) is 12.7 Å². The van der Waals surface area contributed by atoms with Crippen LogP contribution in [0.1, 0.15) is 18.4 Å². The van der Waals surface area contributed by atoms with Crippen molar-refractivity contribution in [3.05, 3.63) is 35.1 Å². The van der Waals surface area contributed by atoms with Gasteiger partial charge in [-0.2, -0.15) is 0 Å².